The molecule has 4 amide bonds. The summed E-state index contributed by atoms with van der Waals surface area (Å²) in [7, 11) is -2.64. The second kappa shape index (κ2) is 18.8. The van der Waals surface area contributed by atoms with Crippen LogP contribution in [0.1, 0.15) is 86.5 Å². The number of halogens is 4. The van der Waals surface area contributed by atoms with Gasteiger partial charge in [-0.1, -0.05) is 26.0 Å². The minimum Gasteiger partial charge on any atom is -0.497 e. The number of alkyl halides is 3. The van der Waals surface area contributed by atoms with Gasteiger partial charge in [-0.05, 0) is 126 Å². The SMILES string of the molecule is COc1ccc2c(O[C@@H]3C[C@H]4C(=O)N[C@]5(C(=O)NS(=O)(=O)C6(C)CC6)CC5/C=C\CC[C@@H](C)C[C@@H](C)[C@H](NC(=O)O[C@H](C)C(F)(F)F)C(=O)N4C3)nc(-c3ccc(OC(C)C)c(F)c3)cc2c1. The number of hydrogen-bond donors (Lipinski definition) is 3. The number of fused-ring (bicyclic) bond motifs is 3. The lowest BCUT2D eigenvalue weighted by molar-refractivity contribution is -0.197. The maximum Gasteiger partial charge on any atom is 0.425 e. The second-order valence-corrected chi connectivity index (χ2v) is 21.1. The van der Waals surface area contributed by atoms with E-state index in [-0.39, 0.29) is 43.0 Å². The Morgan fingerprint density at radius 1 is 1.03 bits per heavy atom. The molecule has 2 aromatic carbocycles. The molecule has 3 fully saturated rings. The van der Waals surface area contributed by atoms with Crippen molar-refractivity contribution in [3.63, 3.8) is 0 Å². The molecular weight excluding hydrogens is 903 g/mol. The fourth-order valence-electron chi connectivity index (χ4n) is 8.72. The number of alkyl carbamates (subject to hydrolysis) is 1. The molecule has 2 aliphatic carbocycles. The zero-order valence-electron chi connectivity index (χ0n) is 38.4. The summed E-state index contributed by atoms with van der Waals surface area (Å²) in [5.74, 6) is -4.01. The number of hydrogen-bond acceptors (Lipinski definition) is 11. The van der Waals surface area contributed by atoms with E-state index in [1.807, 2.05) is 13.0 Å². The van der Waals surface area contributed by atoms with Gasteiger partial charge in [-0.3, -0.25) is 19.1 Å². The highest BCUT2D eigenvalue weighted by atomic mass is 32.2. The van der Waals surface area contributed by atoms with Crippen LogP contribution in [0.2, 0.25) is 0 Å². The number of aromatic nitrogens is 1. The molecule has 1 unspecified atom stereocenters. The molecule has 2 saturated carbocycles. The first kappa shape index (κ1) is 49.3. The summed E-state index contributed by atoms with van der Waals surface area (Å²) < 4.78 is 106. The third-order valence-corrected chi connectivity index (χ3v) is 15.3. The van der Waals surface area contributed by atoms with Crippen molar-refractivity contribution in [2.75, 3.05) is 13.7 Å². The van der Waals surface area contributed by atoms with E-state index < -0.39 is 92.2 Å². The van der Waals surface area contributed by atoms with Crippen LogP contribution in [-0.4, -0.2) is 103 Å². The molecule has 2 aliphatic heterocycles. The van der Waals surface area contributed by atoms with Crippen molar-refractivity contribution in [2.45, 2.75) is 133 Å². The minimum absolute atomic E-state index is 0.0428. The number of benzene rings is 2. The highest BCUT2D eigenvalue weighted by molar-refractivity contribution is 7.91. The number of nitrogens with one attached hydrogen (secondary N) is 3. The summed E-state index contributed by atoms with van der Waals surface area (Å²) in [6, 6.07) is 8.29. The average Bonchev–Trinajstić information content (AvgIpc) is 4.14. The predicted octanol–water partition coefficient (Wildman–Crippen LogP) is 7.12. The van der Waals surface area contributed by atoms with Crippen LogP contribution >= 0.6 is 0 Å². The standard InChI is InChI=1S/C47H57F4N5O10S/c1-25(2)64-38-15-12-29(20-35(38)48)36-21-30-19-32(63-7)13-14-34(30)41(52-36)66-33-22-37-40(57)54-46(43(59)55-67(61,62)45(6)16-17-45)23-31(46)11-9-8-10-26(3)18-27(4)39(42(58)56(37)24-33)53-44(60)65-28(5)47(49,50)51/h9,11-15,19-21,25-28,31,33,37,39H,8,10,16-18,22-24H2,1-7H3,(H,53,60)(H,54,57)(H,55,59)/b11-9-/t26-,27-,28-,31?,33-,37+,39+,46-/m1/s1. The molecule has 3 aromatic rings. The van der Waals surface area contributed by atoms with Gasteiger partial charge in [-0.25, -0.2) is 22.6 Å². The number of allylic oxidation sites excluding steroid dienone is 1. The summed E-state index contributed by atoms with van der Waals surface area (Å²) in [6.45, 7) is 8.99. The van der Waals surface area contributed by atoms with Gasteiger partial charge in [0, 0.05) is 23.3 Å². The van der Waals surface area contributed by atoms with E-state index in [4.69, 9.17) is 19.2 Å². The van der Waals surface area contributed by atoms with Crippen molar-refractivity contribution >= 4 is 44.6 Å². The molecule has 3 N–H and O–H groups in total. The van der Waals surface area contributed by atoms with Crippen LogP contribution in [0.15, 0.2) is 54.6 Å². The number of sulfonamides is 1. The Kier molecular flexibility index (Phi) is 13.8. The molecule has 0 spiro atoms. The first-order chi connectivity index (χ1) is 31.4. The van der Waals surface area contributed by atoms with Crippen molar-refractivity contribution in [2.24, 2.45) is 17.8 Å². The predicted molar refractivity (Wildman–Crippen MR) is 238 cm³/mol. The quantitative estimate of drug-likeness (QED) is 0.131. The van der Waals surface area contributed by atoms with Crippen molar-refractivity contribution < 1.29 is 64.1 Å². The summed E-state index contributed by atoms with van der Waals surface area (Å²) in [5.41, 5.74) is -1.04. The second-order valence-electron chi connectivity index (χ2n) is 18.9. The Labute approximate surface area is 386 Å². The average molecular weight is 960 g/mol. The monoisotopic (exact) mass is 959 g/mol. The van der Waals surface area contributed by atoms with Gasteiger partial charge >= 0.3 is 12.3 Å². The molecule has 20 heteroatoms. The number of rotatable bonds is 11. The van der Waals surface area contributed by atoms with E-state index in [2.05, 4.69) is 20.1 Å². The van der Waals surface area contributed by atoms with Gasteiger partial charge in [-0.15, -0.1) is 0 Å². The maximum atomic E-state index is 15.3. The number of amides is 4. The first-order valence-electron chi connectivity index (χ1n) is 22.5. The Morgan fingerprint density at radius 3 is 2.42 bits per heavy atom. The van der Waals surface area contributed by atoms with Gasteiger partial charge < -0.3 is 34.5 Å². The van der Waals surface area contributed by atoms with E-state index >= 15 is 4.39 Å². The van der Waals surface area contributed by atoms with Crippen LogP contribution < -0.4 is 29.6 Å². The summed E-state index contributed by atoms with van der Waals surface area (Å²) in [6.07, 6.45) is -4.60. The third kappa shape index (κ3) is 10.7. The fourth-order valence-corrected chi connectivity index (χ4v) is 10.0. The number of carbonyl (C=O) groups is 4. The molecule has 3 heterocycles. The van der Waals surface area contributed by atoms with Gasteiger partial charge in [-0.2, -0.15) is 13.2 Å². The van der Waals surface area contributed by atoms with E-state index in [9.17, 15) is 40.8 Å². The number of methoxy groups -OCH3 is 1. The topological polar surface area (TPSA) is 192 Å². The van der Waals surface area contributed by atoms with Crippen LogP contribution in [0, 0.1) is 23.6 Å². The first-order valence-corrected chi connectivity index (χ1v) is 23.9. The lowest BCUT2D eigenvalue weighted by Gasteiger charge is -2.33. The zero-order chi connectivity index (χ0) is 48.8. The molecule has 67 heavy (non-hydrogen) atoms. The largest absolute Gasteiger partial charge is 0.497 e. The molecule has 1 saturated heterocycles. The van der Waals surface area contributed by atoms with Crippen LogP contribution in [0.25, 0.3) is 22.0 Å². The maximum absolute atomic E-state index is 15.3. The molecule has 8 atom stereocenters. The lowest BCUT2D eigenvalue weighted by atomic mass is 9.88. The number of pyridine rings is 1. The number of ether oxygens (including phenoxy) is 4. The number of carbonyl (C=O) groups excluding carboxylic acids is 4. The third-order valence-electron chi connectivity index (χ3n) is 13.1. The van der Waals surface area contributed by atoms with E-state index in [0.717, 1.165) is 4.90 Å². The highest BCUT2D eigenvalue weighted by Crippen LogP contribution is 2.48. The molecule has 0 radical (unpaired) electrons. The molecule has 7 rings (SSSR count). The molecule has 364 valence electrons. The highest BCUT2D eigenvalue weighted by Gasteiger charge is 2.63. The molecular formula is C47H57F4N5O10S. The van der Waals surface area contributed by atoms with Crippen molar-refractivity contribution in [3.05, 3.63) is 60.4 Å². The van der Waals surface area contributed by atoms with Crippen molar-refractivity contribution in [3.8, 4) is 28.6 Å². The van der Waals surface area contributed by atoms with E-state index in [0.29, 0.717) is 66.8 Å². The van der Waals surface area contributed by atoms with Gasteiger partial charge in [0.1, 0.15) is 29.5 Å². The van der Waals surface area contributed by atoms with Gasteiger partial charge in [0.15, 0.2) is 17.7 Å². The van der Waals surface area contributed by atoms with Crippen LogP contribution in [0.4, 0.5) is 22.4 Å². The molecule has 0 bridgehead atoms. The smallest absolute Gasteiger partial charge is 0.425 e. The summed E-state index contributed by atoms with van der Waals surface area (Å²) in [4.78, 5) is 62.8. The Balaban J connectivity index is 1.27. The van der Waals surface area contributed by atoms with Crippen LogP contribution in [-0.2, 0) is 29.1 Å². The van der Waals surface area contributed by atoms with Gasteiger partial charge in [0.25, 0.3) is 5.91 Å². The number of nitrogens with zero attached hydrogens (tertiary/aromatic N) is 2. The summed E-state index contributed by atoms with van der Waals surface area (Å²) in [5, 5.41) is 6.22. The summed E-state index contributed by atoms with van der Waals surface area (Å²) >= 11 is 0. The molecule has 4 aliphatic rings. The normalized spacial score (nSPS) is 27.3. The Hall–Kier alpha value is -5.66. The molecule has 15 nitrogen and oxygen atoms in total. The lowest BCUT2D eigenvalue weighted by Crippen LogP contribution is -2.59. The van der Waals surface area contributed by atoms with Crippen molar-refractivity contribution in [1.82, 2.24) is 25.2 Å². The van der Waals surface area contributed by atoms with Crippen LogP contribution in [0.5, 0.6) is 17.4 Å². The minimum atomic E-state index is -4.89. The van der Waals surface area contributed by atoms with Crippen molar-refractivity contribution in [1.29, 1.82) is 0 Å². The Bertz CT molecular complexity index is 2550. The zero-order valence-corrected chi connectivity index (χ0v) is 39.2. The van der Waals surface area contributed by atoms with E-state index in [1.54, 1.807) is 57.2 Å². The van der Waals surface area contributed by atoms with Gasteiger partial charge in [0.2, 0.25) is 27.7 Å². The molecule has 1 aromatic heterocycles. The Morgan fingerprint density at radius 2 is 1.76 bits per heavy atom. The van der Waals surface area contributed by atoms with Gasteiger partial charge in [0.05, 0.1) is 30.2 Å². The van der Waals surface area contributed by atoms with E-state index in [1.165, 1.54) is 26.2 Å². The fraction of sp³-hybridized carbons (Fsp3) is 0.553. The van der Waals surface area contributed by atoms with Crippen LogP contribution in [0.3, 0.4) is 0 Å².